The van der Waals surface area contributed by atoms with Gasteiger partial charge in [0.25, 0.3) is 11.6 Å². The first-order chi connectivity index (χ1) is 10.9. The minimum atomic E-state index is -0.582. The number of para-hydroxylation sites is 1. The molecule has 0 aliphatic rings. The SMILES string of the molecule is COCCCNC(=O)CN(C)C(=O)c1cccc(C)c1[N+](=O)[O-]. The second-order valence-electron chi connectivity index (χ2n) is 5.09. The molecule has 0 fully saturated rings. The lowest BCUT2D eigenvalue weighted by molar-refractivity contribution is -0.385. The number of amides is 2. The van der Waals surface area contributed by atoms with Gasteiger partial charge >= 0.3 is 0 Å². The van der Waals surface area contributed by atoms with Gasteiger partial charge in [-0.05, 0) is 19.4 Å². The van der Waals surface area contributed by atoms with Crippen LogP contribution in [0.3, 0.4) is 0 Å². The molecule has 0 saturated carbocycles. The average molecular weight is 323 g/mol. The molecule has 2 amide bonds. The van der Waals surface area contributed by atoms with Gasteiger partial charge in [-0.2, -0.15) is 0 Å². The summed E-state index contributed by atoms with van der Waals surface area (Å²) in [5.41, 5.74) is 0.146. The third kappa shape index (κ3) is 5.33. The van der Waals surface area contributed by atoms with E-state index in [4.69, 9.17) is 4.74 Å². The van der Waals surface area contributed by atoms with E-state index in [1.807, 2.05) is 0 Å². The lowest BCUT2D eigenvalue weighted by Crippen LogP contribution is -2.39. The van der Waals surface area contributed by atoms with Crippen LogP contribution in [0, 0.1) is 17.0 Å². The number of nitro groups is 1. The molecule has 0 heterocycles. The number of carbonyl (C=O) groups excluding carboxylic acids is 2. The molecule has 0 aliphatic heterocycles. The summed E-state index contributed by atoms with van der Waals surface area (Å²) in [6, 6.07) is 4.53. The van der Waals surface area contributed by atoms with Crippen LogP contribution in [-0.2, 0) is 9.53 Å². The van der Waals surface area contributed by atoms with Gasteiger partial charge in [0.15, 0.2) is 0 Å². The third-order valence-electron chi connectivity index (χ3n) is 3.23. The number of nitro benzene ring substituents is 1. The molecule has 0 spiro atoms. The molecule has 1 aromatic carbocycles. The Bertz CT molecular complexity index is 588. The summed E-state index contributed by atoms with van der Waals surface area (Å²) in [7, 11) is 3.01. The molecule has 0 aromatic heterocycles. The standard InChI is InChI=1S/C15H21N3O5/c1-11-6-4-7-12(14(11)18(21)22)15(20)17(2)10-13(19)16-8-5-9-23-3/h4,6-7H,5,8-10H2,1-3H3,(H,16,19). The van der Waals surface area contributed by atoms with E-state index in [2.05, 4.69) is 5.32 Å². The van der Waals surface area contributed by atoms with Gasteiger partial charge in [-0.3, -0.25) is 19.7 Å². The highest BCUT2D eigenvalue weighted by Crippen LogP contribution is 2.24. The summed E-state index contributed by atoms with van der Waals surface area (Å²) >= 11 is 0. The van der Waals surface area contributed by atoms with Crippen molar-refractivity contribution in [2.75, 3.05) is 33.9 Å². The number of likely N-dealkylation sites (N-methyl/N-ethyl adjacent to an activating group) is 1. The van der Waals surface area contributed by atoms with Crippen LogP contribution < -0.4 is 5.32 Å². The zero-order valence-corrected chi connectivity index (χ0v) is 13.5. The Balaban J connectivity index is 2.72. The lowest BCUT2D eigenvalue weighted by atomic mass is 10.1. The van der Waals surface area contributed by atoms with Gasteiger partial charge in [0.1, 0.15) is 5.56 Å². The molecule has 8 nitrogen and oxygen atoms in total. The highest BCUT2D eigenvalue weighted by molar-refractivity contribution is 6.00. The molecule has 8 heteroatoms. The van der Waals surface area contributed by atoms with Gasteiger partial charge in [0.2, 0.25) is 5.91 Å². The second-order valence-corrected chi connectivity index (χ2v) is 5.09. The van der Waals surface area contributed by atoms with Crippen LogP contribution >= 0.6 is 0 Å². The van der Waals surface area contributed by atoms with Gasteiger partial charge in [-0.25, -0.2) is 0 Å². The Morgan fingerprint density at radius 2 is 2.09 bits per heavy atom. The van der Waals surface area contributed by atoms with Crippen molar-refractivity contribution in [3.8, 4) is 0 Å². The second kappa shape index (κ2) is 8.84. The fraction of sp³-hybridized carbons (Fsp3) is 0.467. The summed E-state index contributed by atoms with van der Waals surface area (Å²) in [5, 5.41) is 13.8. The Morgan fingerprint density at radius 1 is 1.39 bits per heavy atom. The molecule has 0 saturated heterocycles. The molecule has 1 aromatic rings. The number of benzene rings is 1. The number of methoxy groups -OCH3 is 1. The van der Waals surface area contributed by atoms with Crippen molar-refractivity contribution in [3.05, 3.63) is 39.4 Å². The van der Waals surface area contributed by atoms with Crippen molar-refractivity contribution >= 4 is 17.5 Å². The predicted molar refractivity (Wildman–Crippen MR) is 84.3 cm³/mol. The van der Waals surface area contributed by atoms with E-state index < -0.39 is 10.8 Å². The zero-order chi connectivity index (χ0) is 17.4. The van der Waals surface area contributed by atoms with Gasteiger partial charge in [0, 0.05) is 32.9 Å². The monoisotopic (exact) mass is 323 g/mol. The number of nitrogens with one attached hydrogen (secondary N) is 1. The van der Waals surface area contributed by atoms with E-state index in [9.17, 15) is 19.7 Å². The van der Waals surface area contributed by atoms with Crippen LogP contribution in [0.2, 0.25) is 0 Å². The van der Waals surface area contributed by atoms with Crippen molar-refractivity contribution in [2.24, 2.45) is 0 Å². The molecular weight excluding hydrogens is 302 g/mol. The van der Waals surface area contributed by atoms with Crippen molar-refractivity contribution in [1.29, 1.82) is 0 Å². The fourth-order valence-corrected chi connectivity index (χ4v) is 2.07. The maximum atomic E-state index is 12.4. The first-order valence-corrected chi connectivity index (χ1v) is 7.13. The molecule has 1 rings (SSSR count). The number of aryl methyl sites for hydroxylation is 1. The molecule has 126 valence electrons. The quantitative estimate of drug-likeness (QED) is 0.439. The van der Waals surface area contributed by atoms with E-state index in [0.29, 0.717) is 25.1 Å². The van der Waals surface area contributed by atoms with Crippen LogP contribution in [0.4, 0.5) is 5.69 Å². The maximum Gasteiger partial charge on any atom is 0.285 e. The van der Waals surface area contributed by atoms with Gasteiger partial charge in [-0.15, -0.1) is 0 Å². The van der Waals surface area contributed by atoms with Gasteiger partial charge in [0.05, 0.1) is 11.5 Å². The van der Waals surface area contributed by atoms with Gasteiger partial charge in [-0.1, -0.05) is 12.1 Å². The van der Waals surface area contributed by atoms with Crippen LogP contribution in [-0.4, -0.2) is 55.5 Å². The molecule has 0 aliphatic carbocycles. The largest absolute Gasteiger partial charge is 0.385 e. The summed E-state index contributed by atoms with van der Waals surface area (Å²) in [4.78, 5) is 35.8. The first kappa shape index (κ1) is 18.6. The molecule has 0 radical (unpaired) electrons. The predicted octanol–water partition coefficient (Wildman–Crippen LogP) is 1.13. The van der Waals surface area contributed by atoms with Crippen molar-refractivity contribution in [2.45, 2.75) is 13.3 Å². The van der Waals surface area contributed by atoms with Crippen molar-refractivity contribution < 1.29 is 19.2 Å². The van der Waals surface area contributed by atoms with E-state index in [-0.39, 0.29) is 23.7 Å². The van der Waals surface area contributed by atoms with Crippen LogP contribution in [0.15, 0.2) is 18.2 Å². The highest BCUT2D eigenvalue weighted by Gasteiger charge is 2.25. The molecule has 0 atom stereocenters. The Morgan fingerprint density at radius 3 is 2.70 bits per heavy atom. The van der Waals surface area contributed by atoms with Gasteiger partial charge < -0.3 is 15.0 Å². The van der Waals surface area contributed by atoms with E-state index in [1.165, 1.54) is 13.1 Å². The van der Waals surface area contributed by atoms with E-state index >= 15 is 0 Å². The number of hydrogen-bond donors (Lipinski definition) is 1. The topological polar surface area (TPSA) is 102 Å². The molecule has 0 bridgehead atoms. The number of rotatable bonds is 8. The van der Waals surface area contributed by atoms with Crippen LogP contribution in [0.25, 0.3) is 0 Å². The third-order valence-corrected chi connectivity index (χ3v) is 3.23. The molecular formula is C15H21N3O5. The summed E-state index contributed by atoms with van der Waals surface area (Å²) < 4.78 is 4.87. The Labute approximate surface area is 134 Å². The Kier molecular flexibility index (Phi) is 7.14. The minimum absolute atomic E-state index is 0.0234. The Hall–Kier alpha value is -2.48. The fourth-order valence-electron chi connectivity index (χ4n) is 2.07. The highest BCUT2D eigenvalue weighted by atomic mass is 16.6. The van der Waals surface area contributed by atoms with Crippen molar-refractivity contribution in [1.82, 2.24) is 10.2 Å². The van der Waals surface area contributed by atoms with Crippen molar-refractivity contribution in [3.63, 3.8) is 0 Å². The van der Waals surface area contributed by atoms with Crippen LogP contribution in [0.5, 0.6) is 0 Å². The van der Waals surface area contributed by atoms with E-state index in [0.717, 1.165) is 4.90 Å². The molecule has 1 N–H and O–H groups in total. The number of carbonyl (C=O) groups is 2. The first-order valence-electron chi connectivity index (χ1n) is 7.13. The smallest absolute Gasteiger partial charge is 0.285 e. The normalized spacial score (nSPS) is 10.2. The summed E-state index contributed by atoms with van der Waals surface area (Å²) in [5.74, 6) is -0.889. The maximum absolute atomic E-state index is 12.4. The number of ether oxygens (including phenoxy) is 1. The summed E-state index contributed by atoms with van der Waals surface area (Å²) in [6.45, 7) is 2.37. The minimum Gasteiger partial charge on any atom is -0.385 e. The number of hydrogen-bond acceptors (Lipinski definition) is 5. The molecule has 23 heavy (non-hydrogen) atoms. The van der Waals surface area contributed by atoms with E-state index in [1.54, 1.807) is 26.2 Å². The number of nitrogens with zero attached hydrogens (tertiary/aromatic N) is 2. The zero-order valence-electron chi connectivity index (χ0n) is 13.5. The lowest BCUT2D eigenvalue weighted by Gasteiger charge is -2.17. The summed E-state index contributed by atoms with van der Waals surface area (Å²) in [6.07, 6.45) is 0.670. The average Bonchev–Trinajstić information content (AvgIpc) is 2.50. The van der Waals surface area contributed by atoms with Crippen LogP contribution in [0.1, 0.15) is 22.3 Å². The molecule has 0 unspecified atom stereocenters.